The van der Waals surface area contributed by atoms with E-state index in [9.17, 15) is 4.79 Å². The zero-order valence-electron chi connectivity index (χ0n) is 9.82. The number of carbonyl (C=O) groups excluding carboxylic acids is 1. The van der Waals surface area contributed by atoms with E-state index in [4.69, 9.17) is 33.0 Å². The third-order valence-electron chi connectivity index (χ3n) is 2.25. The highest BCUT2D eigenvalue weighted by atomic mass is 35.5. The van der Waals surface area contributed by atoms with Crippen molar-refractivity contribution in [2.24, 2.45) is 0 Å². The van der Waals surface area contributed by atoms with Crippen LogP contribution in [0, 0.1) is 0 Å². The Kier molecular flexibility index (Phi) is 6.35. The minimum absolute atomic E-state index is 0.0417. The Bertz CT molecular complexity index is 415. The van der Waals surface area contributed by atoms with E-state index in [1.807, 2.05) is 0 Å². The van der Waals surface area contributed by atoms with Crippen molar-refractivity contribution in [3.63, 3.8) is 0 Å². The van der Waals surface area contributed by atoms with Gasteiger partial charge in [-0.1, -0.05) is 23.2 Å². The number of aliphatic hydroxyl groups is 1. The van der Waals surface area contributed by atoms with Gasteiger partial charge in [-0.15, -0.1) is 0 Å². The van der Waals surface area contributed by atoms with E-state index < -0.39 is 11.9 Å². The molecule has 100 valence electrons. The standard InChI is InChI=1S/C11H14Cl2N2O3/c1-18-5-4-7(6-16)14-11(17)10-8(12)2-3-9(13)15-10/h2-3,7,16H,4-6H2,1H3,(H,14,17). The molecular formula is C11H14Cl2N2O3. The number of carbonyl (C=O) groups is 1. The molecule has 0 bridgehead atoms. The first-order valence-electron chi connectivity index (χ1n) is 5.31. The van der Waals surface area contributed by atoms with E-state index in [0.29, 0.717) is 13.0 Å². The summed E-state index contributed by atoms with van der Waals surface area (Å²) in [6.45, 7) is 0.246. The van der Waals surface area contributed by atoms with Crippen molar-refractivity contribution in [2.75, 3.05) is 20.3 Å². The van der Waals surface area contributed by atoms with E-state index in [-0.39, 0.29) is 22.5 Å². The van der Waals surface area contributed by atoms with Crippen molar-refractivity contribution in [3.05, 3.63) is 28.0 Å². The number of nitrogens with one attached hydrogen (secondary N) is 1. The van der Waals surface area contributed by atoms with Crippen LogP contribution in [-0.4, -0.2) is 42.4 Å². The van der Waals surface area contributed by atoms with Crippen LogP contribution in [0.2, 0.25) is 10.2 Å². The van der Waals surface area contributed by atoms with Gasteiger partial charge in [0.05, 0.1) is 17.7 Å². The maximum Gasteiger partial charge on any atom is 0.271 e. The number of halogens is 2. The SMILES string of the molecule is COCCC(CO)NC(=O)c1nc(Cl)ccc1Cl. The van der Waals surface area contributed by atoms with E-state index in [2.05, 4.69) is 10.3 Å². The molecule has 5 nitrogen and oxygen atoms in total. The Balaban J connectivity index is 2.71. The fourth-order valence-electron chi connectivity index (χ4n) is 1.30. The van der Waals surface area contributed by atoms with Crippen LogP contribution in [0.25, 0.3) is 0 Å². The highest BCUT2D eigenvalue weighted by molar-refractivity contribution is 6.34. The van der Waals surface area contributed by atoms with Crippen LogP contribution >= 0.6 is 23.2 Å². The first-order valence-corrected chi connectivity index (χ1v) is 6.06. The van der Waals surface area contributed by atoms with E-state index in [0.717, 1.165) is 0 Å². The number of hydrogen-bond donors (Lipinski definition) is 2. The lowest BCUT2D eigenvalue weighted by Gasteiger charge is -2.15. The van der Waals surface area contributed by atoms with Crippen LogP contribution in [0.3, 0.4) is 0 Å². The minimum Gasteiger partial charge on any atom is -0.394 e. The van der Waals surface area contributed by atoms with Gasteiger partial charge in [0.25, 0.3) is 5.91 Å². The molecule has 18 heavy (non-hydrogen) atoms. The molecule has 1 unspecified atom stereocenters. The number of methoxy groups -OCH3 is 1. The molecule has 1 atom stereocenters. The first kappa shape index (κ1) is 15.2. The number of amides is 1. The van der Waals surface area contributed by atoms with E-state index in [1.54, 1.807) is 7.11 Å². The Morgan fingerprint density at radius 1 is 1.56 bits per heavy atom. The van der Waals surface area contributed by atoms with Gasteiger partial charge in [0.2, 0.25) is 0 Å². The maximum atomic E-state index is 11.9. The smallest absolute Gasteiger partial charge is 0.271 e. The number of aromatic nitrogens is 1. The van der Waals surface area contributed by atoms with Crippen LogP contribution in [0.4, 0.5) is 0 Å². The summed E-state index contributed by atoms with van der Waals surface area (Å²) in [5.41, 5.74) is 0.0417. The van der Waals surface area contributed by atoms with Gasteiger partial charge >= 0.3 is 0 Å². The summed E-state index contributed by atoms with van der Waals surface area (Å²) >= 11 is 11.5. The normalized spacial score (nSPS) is 12.2. The van der Waals surface area contributed by atoms with Crippen LogP contribution in [-0.2, 0) is 4.74 Å². The molecule has 0 spiro atoms. The molecule has 0 aliphatic heterocycles. The maximum absolute atomic E-state index is 11.9. The predicted molar refractivity (Wildman–Crippen MR) is 69.1 cm³/mol. The van der Waals surface area contributed by atoms with Crippen molar-refractivity contribution in [1.29, 1.82) is 0 Å². The molecule has 0 radical (unpaired) electrons. The van der Waals surface area contributed by atoms with E-state index >= 15 is 0 Å². The lowest BCUT2D eigenvalue weighted by molar-refractivity contribution is 0.0890. The topological polar surface area (TPSA) is 71.5 Å². The molecule has 1 amide bonds. The lowest BCUT2D eigenvalue weighted by atomic mass is 10.2. The van der Waals surface area contributed by atoms with Crippen molar-refractivity contribution in [1.82, 2.24) is 10.3 Å². The van der Waals surface area contributed by atoms with Crippen LogP contribution < -0.4 is 5.32 Å². The third kappa shape index (κ3) is 4.42. The van der Waals surface area contributed by atoms with Gasteiger partial charge in [0.15, 0.2) is 0 Å². The van der Waals surface area contributed by atoms with E-state index in [1.165, 1.54) is 12.1 Å². The summed E-state index contributed by atoms with van der Waals surface area (Å²) in [5, 5.41) is 12.1. The van der Waals surface area contributed by atoms with Crippen LogP contribution in [0.5, 0.6) is 0 Å². The van der Waals surface area contributed by atoms with Crippen LogP contribution in [0.15, 0.2) is 12.1 Å². The number of aliphatic hydroxyl groups excluding tert-OH is 1. The number of nitrogens with zero attached hydrogens (tertiary/aromatic N) is 1. The minimum atomic E-state index is -0.474. The van der Waals surface area contributed by atoms with Crippen molar-refractivity contribution in [2.45, 2.75) is 12.5 Å². The zero-order chi connectivity index (χ0) is 13.5. The summed E-state index contributed by atoms with van der Waals surface area (Å²) in [5.74, 6) is -0.474. The Hall–Kier alpha value is -0.880. The molecule has 1 heterocycles. The molecule has 0 aliphatic carbocycles. The molecule has 0 saturated carbocycles. The van der Waals surface area contributed by atoms with Gasteiger partial charge in [-0.2, -0.15) is 0 Å². The molecule has 1 rings (SSSR count). The highest BCUT2D eigenvalue weighted by Gasteiger charge is 2.17. The second-order valence-electron chi connectivity index (χ2n) is 3.60. The summed E-state index contributed by atoms with van der Waals surface area (Å²) in [6.07, 6.45) is 0.497. The highest BCUT2D eigenvalue weighted by Crippen LogP contribution is 2.16. The van der Waals surface area contributed by atoms with Gasteiger partial charge in [0, 0.05) is 13.7 Å². The molecule has 0 saturated heterocycles. The van der Waals surface area contributed by atoms with Gasteiger partial charge in [-0.05, 0) is 18.6 Å². The number of ether oxygens (including phenoxy) is 1. The monoisotopic (exact) mass is 292 g/mol. The number of hydrogen-bond acceptors (Lipinski definition) is 4. The third-order valence-corrected chi connectivity index (χ3v) is 2.77. The summed E-state index contributed by atoms with van der Waals surface area (Å²) < 4.78 is 4.88. The molecule has 0 fully saturated rings. The molecule has 7 heteroatoms. The lowest BCUT2D eigenvalue weighted by Crippen LogP contribution is -2.38. The van der Waals surface area contributed by atoms with Crippen molar-refractivity contribution >= 4 is 29.1 Å². The number of rotatable bonds is 6. The average molecular weight is 293 g/mol. The Labute approximate surface area is 115 Å². The van der Waals surface area contributed by atoms with Gasteiger partial charge in [-0.25, -0.2) is 4.98 Å². The Morgan fingerprint density at radius 2 is 2.28 bits per heavy atom. The summed E-state index contributed by atoms with van der Waals surface area (Å²) in [4.78, 5) is 15.7. The fraction of sp³-hybridized carbons (Fsp3) is 0.455. The molecule has 0 aromatic carbocycles. The van der Waals surface area contributed by atoms with Gasteiger partial charge < -0.3 is 15.2 Å². The summed E-state index contributed by atoms with van der Waals surface area (Å²) in [7, 11) is 1.55. The largest absolute Gasteiger partial charge is 0.394 e. The summed E-state index contributed by atoms with van der Waals surface area (Å²) in [6, 6.07) is 2.58. The zero-order valence-corrected chi connectivity index (χ0v) is 11.3. The second kappa shape index (κ2) is 7.53. The van der Waals surface area contributed by atoms with Gasteiger partial charge in [0.1, 0.15) is 10.8 Å². The molecular weight excluding hydrogens is 279 g/mol. The average Bonchev–Trinajstić information content (AvgIpc) is 2.37. The quantitative estimate of drug-likeness (QED) is 0.780. The number of pyridine rings is 1. The molecule has 2 N–H and O–H groups in total. The molecule has 1 aromatic heterocycles. The van der Waals surface area contributed by atoms with Crippen molar-refractivity contribution < 1.29 is 14.6 Å². The predicted octanol–water partition coefficient (Wildman–Crippen LogP) is 1.52. The molecule has 0 aliphatic rings. The van der Waals surface area contributed by atoms with Gasteiger partial charge in [-0.3, -0.25) is 4.79 Å². The molecule has 1 aromatic rings. The second-order valence-corrected chi connectivity index (χ2v) is 4.39. The first-order chi connectivity index (χ1) is 8.58. The Morgan fingerprint density at radius 3 is 2.89 bits per heavy atom. The van der Waals surface area contributed by atoms with Crippen molar-refractivity contribution in [3.8, 4) is 0 Å². The van der Waals surface area contributed by atoms with Crippen LogP contribution in [0.1, 0.15) is 16.9 Å². The fourth-order valence-corrected chi connectivity index (χ4v) is 1.64.